The van der Waals surface area contributed by atoms with Gasteiger partial charge < -0.3 is 5.32 Å². The largest absolute Gasteiger partial charge is 0.313 e. The SMILES string of the molecule is CCCCCCCCC(NC)c1ccc(F)cc1. The molecule has 0 aliphatic rings. The summed E-state index contributed by atoms with van der Waals surface area (Å²) in [6.07, 6.45) is 9.04. The number of hydrogen-bond donors (Lipinski definition) is 1. The quantitative estimate of drug-likeness (QED) is 0.619. The van der Waals surface area contributed by atoms with Gasteiger partial charge in [-0.3, -0.25) is 0 Å². The van der Waals surface area contributed by atoms with E-state index in [1.54, 1.807) is 12.1 Å². The number of unbranched alkanes of at least 4 members (excludes halogenated alkanes) is 5. The minimum Gasteiger partial charge on any atom is -0.313 e. The molecular weight excluding hydrogens is 225 g/mol. The van der Waals surface area contributed by atoms with Crippen LogP contribution < -0.4 is 5.32 Å². The van der Waals surface area contributed by atoms with Crippen LogP contribution in [0.15, 0.2) is 24.3 Å². The van der Waals surface area contributed by atoms with Crippen molar-refractivity contribution in [2.75, 3.05) is 7.05 Å². The summed E-state index contributed by atoms with van der Waals surface area (Å²) < 4.78 is 12.9. The van der Waals surface area contributed by atoms with E-state index in [2.05, 4.69) is 12.2 Å². The summed E-state index contributed by atoms with van der Waals surface area (Å²) in [5.74, 6) is -0.159. The molecule has 1 N–H and O–H groups in total. The molecule has 1 aromatic carbocycles. The minimum absolute atomic E-state index is 0.159. The third-order valence-corrected chi connectivity index (χ3v) is 3.47. The molecule has 0 aromatic heterocycles. The smallest absolute Gasteiger partial charge is 0.123 e. The predicted molar refractivity (Wildman–Crippen MR) is 76.2 cm³/mol. The Bertz CT molecular complexity index is 307. The van der Waals surface area contributed by atoms with Crippen LogP contribution in [0.1, 0.15) is 63.5 Å². The molecule has 0 radical (unpaired) electrons. The van der Waals surface area contributed by atoms with E-state index in [0.29, 0.717) is 6.04 Å². The molecular formula is C16H26FN. The zero-order chi connectivity index (χ0) is 13.2. The first kappa shape index (κ1) is 15.2. The van der Waals surface area contributed by atoms with Gasteiger partial charge in [-0.25, -0.2) is 4.39 Å². The van der Waals surface area contributed by atoms with Gasteiger partial charge in [-0.1, -0.05) is 57.6 Å². The molecule has 1 rings (SSSR count). The maximum atomic E-state index is 12.9. The van der Waals surface area contributed by atoms with Crippen LogP contribution in [0.25, 0.3) is 0 Å². The molecule has 18 heavy (non-hydrogen) atoms. The average Bonchev–Trinajstić information content (AvgIpc) is 2.39. The number of halogens is 1. The van der Waals surface area contributed by atoms with Crippen LogP contribution in [0, 0.1) is 5.82 Å². The van der Waals surface area contributed by atoms with Gasteiger partial charge in [0.1, 0.15) is 5.82 Å². The lowest BCUT2D eigenvalue weighted by molar-refractivity contribution is 0.497. The number of benzene rings is 1. The summed E-state index contributed by atoms with van der Waals surface area (Å²) in [7, 11) is 1.98. The van der Waals surface area contributed by atoms with Crippen molar-refractivity contribution >= 4 is 0 Å². The molecule has 0 aliphatic heterocycles. The summed E-state index contributed by atoms with van der Waals surface area (Å²) in [6, 6.07) is 7.21. The lowest BCUT2D eigenvalue weighted by atomic mass is 10.00. The van der Waals surface area contributed by atoms with E-state index in [1.807, 2.05) is 19.2 Å². The molecule has 0 fully saturated rings. The Morgan fingerprint density at radius 1 is 1.00 bits per heavy atom. The standard InChI is InChI=1S/C16H26FN/c1-3-4-5-6-7-8-9-16(18-2)14-10-12-15(17)13-11-14/h10-13,16,18H,3-9H2,1-2H3. The van der Waals surface area contributed by atoms with Crippen molar-refractivity contribution in [3.05, 3.63) is 35.6 Å². The Balaban J connectivity index is 2.27. The summed E-state index contributed by atoms with van der Waals surface area (Å²) >= 11 is 0. The summed E-state index contributed by atoms with van der Waals surface area (Å²) in [4.78, 5) is 0. The Labute approximate surface area is 111 Å². The van der Waals surface area contributed by atoms with Gasteiger partial charge in [0.05, 0.1) is 0 Å². The first-order chi connectivity index (χ1) is 8.77. The third kappa shape index (κ3) is 5.63. The Hall–Kier alpha value is -0.890. The van der Waals surface area contributed by atoms with E-state index in [1.165, 1.54) is 44.1 Å². The Kier molecular flexibility index (Phi) is 7.66. The second kappa shape index (κ2) is 9.09. The fourth-order valence-corrected chi connectivity index (χ4v) is 2.30. The lowest BCUT2D eigenvalue weighted by Gasteiger charge is -2.16. The van der Waals surface area contributed by atoms with Crippen molar-refractivity contribution in [2.24, 2.45) is 0 Å². The predicted octanol–water partition coefficient (Wildman–Crippen LogP) is 4.84. The van der Waals surface area contributed by atoms with Crippen LogP contribution in [0.2, 0.25) is 0 Å². The normalized spacial score (nSPS) is 12.6. The molecule has 1 atom stereocenters. The van der Waals surface area contributed by atoms with Gasteiger partial charge in [-0.05, 0) is 31.2 Å². The molecule has 2 heteroatoms. The molecule has 0 saturated carbocycles. The van der Waals surface area contributed by atoms with E-state index in [9.17, 15) is 4.39 Å². The first-order valence-corrected chi connectivity index (χ1v) is 7.20. The molecule has 102 valence electrons. The minimum atomic E-state index is -0.159. The van der Waals surface area contributed by atoms with E-state index < -0.39 is 0 Å². The van der Waals surface area contributed by atoms with Gasteiger partial charge in [0.2, 0.25) is 0 Å². The number of rotatable bonds is 9. The molecule has 1 nitrogen and oxygen atoms in total. The van der Waals surface area contributed by atoms with Crippen molar-refractivity contribution < 1.29 is 4.39 Å². The van der Waals surface area contributed by atoms with Crippen molar-refractivity contribution in [3.8, 4) is 0 Å². The molecule has 1 unspecified atom stereocenters. The molecule has 0 bridgehead atoms. The van der Waals surface area contributed by atoms with Gasteiger partial charge in [0, 0.05) is 6.04 Å². The van der Waals surface area contributed by atoms with Crippen molar-refractivity contribution in [3.63, 3.8) is 0 Å². The van der Waals surface area contributed by atoms with E-state index in [0.717, 1.165) is 6.42 Å². The number of hydrogen-bond acceptors (Lipinski definition) is 1. The molecule has 0 heterocycles. The van der Waals surface area contributed by atoms with Crippen LogP contribution >= 0.6 is 0 Å². The van der Waals surface area contributed by atoms with E-state index >= 15 is 0 Å². The summed E-state index contributed by atoms with van der Waals surface area (Å²) in [5, 5.41) is 3.32. The fraction of sp³-hybridized carbons (Fsp3) is 0.625. The molecule has 0 saturated heterocycles. The van der Waals surface area contributed by atoms with Gasteiger partial charge in [-0.2, -0.15) is 0 Å². The third-order valence-electron chi connectivity index (χ3n) is 3.47. The second-order valence-electron chi connectivity index (χ2n) is 4.95. The highest BCUT2D eigenvalue weighted by Crippen LogP contribution is 2.20. The van der Waals surface area contributed by atoms with E-state index in [4.69, 9.17) is 0 Å². The Morgan fingerprint density at radius 3 is 2.22 bits per heavy atom. The topological polar surface area (TPSA) is 12.0 Å². The highest BCUT2D eigenvalue weighted by atomic mass is 19.1. The van der Waals surface area contributed by atoms with Crippen LogP contribution in [0.5, 0.6) is 0 Å². The highest BCUT2D eigenvalue weighted by molar-refractivity contribution is 5.19. The number of nitrogens with one attached hydrogen (secondary N) is 1. The van der Waals surface area contributed by atoms with Crippen LogP contribution in [0.3, 0.4) is 0 Å². The summed E-state index contributed by atoms with van der Waals surface area (Å²) in [6.45, 7) is 2.24. The zero-order valence-electron chi connectivity index (χ0n) is 11.7. The lowest BCUT2D eigenvalue weighted by Crippen LogP contribution is -2.16. The maximum absolute atomic E-state index is 12.9. The average molecular weight is 251 g/mol. The molecule has 0 amide bonds. The van der Waals surface area contributed by atoms with Crippen molar-refractivity contribution in [1.82, 2.24) is 5.32 Å². The zero-order valence-corrected chi connectivity index (χ0v) is 11.7. The van der Waals surface area contributed by atoms with Crippen LogP contribution in [0.4, 0.5) is 4.39 Å². The first-order valence-electron chi connectivity index (χ1n) is 7.20. The Morgan fingerprint density at radius 2 is 1.61 bits per heavy atom. The van der Waals surface area contributed by atoms with Gasteiger partial charge in [-0.15, -0.1) is 0 Å². The monoisotopic (exact) mass is 251 g/mol. The molecule has 0 aliphatic carbocycles. The van der Waals surface area contributed by atoms with Crippen LogP contribution in [-0.4, -0.2) is 7.05 Å². The highest BCUT2D eigenvalue weighted by Gasteiger charge is 2.08. The van der Waals surface area contributed by atoms with Crippen LogP contribution in [-0.2, 0) is 0 Å². The van der Waals surface area contributed by atoms with Crippen molar-refractivity contribution in [1.29, 1.82) is 0 Å². The van der Waals surface area contributed by atoms with Gasteiger partial charge >= 0.3 is 0 Å². The van der Waals surface area contributed by atoms with E-state index in [-0.39, 0.29) is 5.82 Å². The van der Waals surface area contributed by atoms with Crippen molar-refractivity contribution in [2.45, 2.75) is 57.9 Å². The molecule has 0 spiro atoms. The molecule has 1 aromatic rings. The summed E-state index contributed by atoms with van der Waals surface area (Å²) in [5.41, 5.74) is 1.19. The maximum Gasteiger partial charge on any atom is 0.123 e. The fourth-order valence-electron chi connectivity index (χ4n) is 2.30. The second-order valence-corrected chi connectivity index (χ2v) is 4.95. The van der Waals surface area contributed by atoms with Gasteiger partial charge in [0.25, 0.3) is 0 Å². The van der Waals surface area contributed by atoms with Gasteiger partial charge in [0.15, 0.2) is 0 Å².